The van der Waals surface area contributed by atoms with E-state index in [0.717, 1.165) is 17.5 Å². The molecule has 0 heterocycles. The summed E-state index contributed by atoms with van der Waals surface area (Å²) in [5, 5.41) is 0. The van der Waals surface area contributed by atoms with Crippen LogP contribution in [0.15, 0.2) is 36.4 Å². The molecule has 0 amide bonds. The van der Waals surface area contributed by atoms with Crippen molar-refractivity contribution in [2.45, 2.75) is 6.42 Å². The number of carbonyl (C=O) groups is 1. The van der Waals surface area contributed by atoms with Gasteiger partial charge in [0.1, 0.15) is 0 Å². The number of alkyl halides is 1. The van der Waals surface area contributed by atoms with Gasteiger partial charge in [-0.15, -0.1) is 11.6 Å². The molecule has 0 fully saturated rings. The molecule has 17 heavy (non-hydrogen) atoms. The number of halogens is 1. The van der Waals surface area contributed by atoms with Gasteiger partial charge < -0.3 is 4.74 Å². The lowest BCUT2D eigenvalue weighted by atomic mass is 10.1. The van der Waals surface area contributed by atoms with E-state index in [4.69, 9.17) is 11.6 Å². The van der Waals surface area contributed by atoms with Crippen LogP contribution in [-0.4, -0.2) is 19.0 Å². The van der Waals surface area contributed by atoms with Crippen molar-refractivity contribution < 1.29 is 9.53 Å². The second-order valence-corrected chi connectivity index (χ2v) is 3.78. The smallest absolute Gasteiger partial charge is 0.330 e. The van der Waals surface area contributed by atoms with Crippen LogP contribution in [0.25, 0.3) is 12.2 Å². The molecule has 90 valence electrons. The molecule has 0 bridgehead atoms. The second-order valence-electron chi connectivity index (χ2n) is 3.40. The average Bonchev–Trinajstić information content (AvgIpc) is 2.37. The first-order valence-electron chi connectivity index (χ1n) is 5.35. The lowest BCUT2D eigenvalue weighted by Gasteiger charge is -1.96. The van der Waals surface area contributed by atoms with Crippen LogP contribution in [0, 0.1) is 0 Å². The Kier molecular flexibility index (Phi) is 6.12. The van der Waals surface area contributed by atoms with Crippen molar-refractivity contribution in [2.24, 2.45) is 0 Å². The molecule has 0 aliphatic carbocycles. The highest BCUT2D eigenvalue weighted by atomic mass is 35.5. The topological polar surface area (TPSA) is 26.3 Å². The van der Waals surface area contributed by atoms with Gasteiger partial charge in [0.25, 0.3) is 0 Å². The molecule has 0 spiro atoms. The Morgan fingerprint density at radius 3 is 2.35 bits per heavy atom. The molecule has 3 heteroatoms. The molecule has 1 rings (SSSR count). The van der Waals surface area contributed by atoms with Gasteiger partial charge in [-0.05, 0) is 23.6 Å². The van der Waals surface area contributed by atoms with Crippen LogP contribution in [0.5, 0.6) is 0 Å². The standard InChI is InChI=1S/C14H15ClO2/c1-17-14(16)10-9-13-7-5-12(6-8-13)4-2-3-11-15/h2,4-10H,3,11H2,1H3/b4-2?,10-9+. The van der Waals surface area contributed by atoms with Gasteiger partial charge in [-0.2, -0.15) is 0 Å². The van der Waals surface area contributed by atoms with Crippen molar-refractivity contribution in [1.29, 1.82) is 0 Å². The van der Waals surface area contributed by atoms with Crippen LogP contribution < -0.4 is 0 Å². The van der Waals surface area contributed by atoms with Crippen LogP contribution in [0.4, 0.5) is 0 Å². The number of hydrogen-bond acceptors (Lipinski definition) is 2. The number of methoxy groups -OCH3 is 1. The molecule has 2 nitrogen and oxygen atoms in total. The molecule has 0 aliphatic rings. The molecule has 1 aromatic carbocycles. The zero-order valence-electron chi connectivity index (χ0n) is 9.73. The molecule has 0 saturated carbocycles. The molecule has 0 radical (unpaired) electrons. The quantitative estimate of drug-likeness (QED) is 0.454. The van der Waals surface area contributed by atoms with Crippen LogP contribution >= 0.6 is 11.6 Å². The molecular formula is C14H15ClO2. The van der Waals surface area contributed by atoms with E-state index in [1.54, 1.807) is 6.08 Å². The van der Waals surface area contributed by atoms with Crippen LogP contribution in [0.3, 0.4) is 0 Å². The summed E-state index contributed by atoms with van der Waals surface area (Å²) in [6.45, 7) is 0. The van der Waals surface area contributed by atoms with Gasteiger partial charge in [-0.3, -0.25) is 0 Å². The monoisotopic (exact) mass is 250 g/mol. The highest BCUT2D eigenvalue weighted by Crippen LogP contribution is 2.08. The van der Waals surface area contributed by atoms with Crippen molar-refractivity contribution in [1.82, 2.24) is 0 Å². The average molecular weight is 251 g/mol. The van der Waals surface area contributed by atoms with E-state index in [1.807, 2.05) is 36.4 Å². The Balaban J connectivity index is 2.61. The van der Waals surface area contributed by atoms with Crippen molar-refractivity contribution in [3.63, 3.8) is 0 Å². The Morgan fingerprint density at radius 1 is 1.24 bits per heavy atom. The predicted molar refractivity (Wildman–Crippen MR) is 71.9 cm³/mol. The minimum absolute atomic E-state index is 0.351. The summed E-state index contributed by atoms with van der Waals surface area (Å²) in [6, 6.07) is 7.86. The second kappa shape index (κ2) is 7.69. The molecule has 0 saturated heterocycles. The van der Waals surface area contributed by atoms with E-state index < -0.39 is 0 Å². The van der Waals surface area contributed by atoms with Gasteiger partial charge >= 0.3 is 5.97 Å². The van der Waals surface area contributed by atoms with E-state index in [0.29, 0.717) is 5.88 Å². The first kappa shape index (κ1) is 13.5. The molecule has 0 aromatic heterocycles. The fourth-order valence-electron chi connectivity index (χ4n) is 1.23. The molecule has 0 N–H and O–H groups in total. The fourth-order valence-corrected chi connectivity index (χ4v) is 1.36. The summed E-state index contributed by atoms with van der Waals surface area (Å²) in [4.78, 5) is 10.9. The number of allylic oxidation sites excluding steroid dienone is 1. The summed E-state index contributed by atoms with van der Waals surface area (Å²) in [5.74, 6) is 0.285. The maximum Gasteiger partial charge on any atom is 0.330 e. The van der Waals surface area contributed by atoms with Gasteiger partial charge in [-0.1, -0.05) is 36.4 Å². The van der Waals surface area contributed by atoms with E-state index in [1.165, 1.54) is 13.2 Å². The number of carbonyl (C=O) groups excluding carboxylic acids is 1. The van der Waals surface area contributed by atoms with Crippen LogP contribution in [-0.2, 0) is 9.53 Å². The van der Waals surface area contributed by atoms with E-state index >= 15 is 0 Å². The highest BCUT2D eigenvalue weighted by molar-refractivity contribution is 6.17. The normalized spacial score (nSPS) is 11.2. The lowest BCUT2D eigenvalue weighted by molar-refractivity contribution is -0.134. The Morgan fingerprint density at radius 2 is 1.82 bits per heavy atom. The van der Waals surface area contributed by atoms with Crippen molar-refractivity contribution >= 4 is 29.7 Å². The molecule has 0 atom stereocenters. The van der Waals surface area contributed by atoms with Crippen molar-refractivity contribution in [3.05, 3.63) is 47.5 Å². The molecule has 1 aromatic rings. The number of esters is 1. The zero-order valence-corrected chi connectivity index (χ0v) is 10.5. The van der Waals surface area contributed by atoms with Gasteiger partial charge in [0.05, 0.1) is 7.11 Å². The fraction of sp³-hybridized carbons (Fsp3) is 0.214. The Hall–Kier alpha value is -1.54. The van der Waals surface area contributed by atoms with Crippen LogP contribution in [0.1, 0.15) is 17.5 Å². The van der Waals surface area contributed by atoms with Crippen LogP contribution in [0.2, 0.25) is 0 Å². The summed E-state index contributed by atoms with van der Waals surface area (Å²) >= 11 is 5.57. The first-order valence-corrected chi connectivity index (χ1v) is 5.88. The minimum atomic E-state index is -0.351. The summed E-state index contributed by atoms with van der Waals surface area (Å²) in [7, 11) is 1.36. The van der Waals surface area contributed by atoms with Crippen molar-refractivity contribution in [3.8, 4) is 0 Å². The number of ether oxygens (including phenoxy) is 1. The van der Waals surface area contributed by atoms with Crippen molar-refractivity contribution in [2.75, 3.05) is 13.0 Å². The Bertz CT molecular complexity index is 405. The first-order chi connectivity index (χ1) is 8.26. The maximum absolute atomic E-state index is 10.9. The summed E-state index contributed by atoms with van der Waals surface area (Å²) in [5.41, 5.74) is 2.08. The third-order valence-electron chi connectivity index (χ3n) is 2.14. The minimum Gasteiger partial charge on any atom is -0.466 e. The molecule has 0 unspecified atom stereocenters. The van der Waals surface area contributed by atoms with Gasteiger partial charge in [-0.25, -0.2) is 4.79 Å². The van der Waals surface area contributed by atoms with Gasteiger partial charge in [0.2, 0.25) is 0 Å². The largest absolute Gasteiger partial charge is 0.466 e. The van der Waals surface area contributed by atoms with E-state index in [2.05, 4.69) is 4.74 Å². The third kappa shape index (κ3) is 5.36. The Labute approximate surface area is 107 Å². The predicted octanol–water partition coefficient (Wildman–Crippen LogP) is 3.51. The number of rotatable bonds is 5. The molecule has 0 aliphatic heterocycles. The zero-order chi connectivity index (χ0) is 12.5. The number of hydrogen-bond donors (Lipinski definition) is 0. The highest BCUT2D eigenvalue weighted by Gasteiger charge is 1.92. The summed E-state index contributed by atoms with van der Waals surface area (Å²) < 4.78 is 4.51. The SMILES string of the molecule is COC(=O)/C=C/c1ccc(C=CCCCl)cc1. The van der Waals surface area contributed by atoms with Gasteiger partial charge in [0.15, 0.2) is 0 Å². The number of benzene rings is 1. The summed E-state index contributed by atoms with van der Waals surface area (Å²) in [6.07, 6.45) is 8.05. The third-order valence-corrected chi connectivity index (χ3v) is 2.35. The van der Waals surface area contributed by atoms with Gasteiger partial charge in [0, 0.05) is 12.0 Å². The van der Waals surface area contributed by atoms with E-state index in [-0.39, 0.29) is 5.97 Å². The molecular weight excluding hydrogens is 236 g/mol. The van der Waals surface area contributed by atoms with E-state index in [9.17, 15) is 4.79 Å². The lowest BCUT2D eigenvalue weighted by Crippen LogP contribution is -1.93. The maximum atomic E-state index is 10.9.